The van der Waals surface area contributed by atoms with E-state index in [-0.39, 0.29) is 0 Å². The fourth-order valence-electron chi connectivity index (χ4n) is 3.66. The van der Waals surface area contributed by atoms with Crippen molar-refractivity contribution in [1.82, 2.24) is 5.32 Å². The molecule has 1 aliphatic heterocycles. The maximum absolute atomic E-state index is 9.04. The zero-order valence-corrected chi connectivity index (χ0v) is 14.2. The van der Waals surface area contributed by atoms with Gasteiger partial charge in [0.05, 0.1) is 18.7 Å². The predicted molar refractivity (Wildman–Crippen MR) is 96.2 cm³/mol. The van der Waals surface area contributed by atoms with Gasteiger partial charge in [-0.2, -0.15) is 5.26 Å². The number of rotatable bonds is 5. The summed E-state index contributed by atoms with van der Waals surface area (Å²) in [7, 11) is 1.71. The van der Waals surface area contributed by atoms with E-state index in [9.17, 15) is 0 Å². The van der Waals surface area contributed by atoms with Gasteiger partial charge >= 0.3 is 0 Å². The van der Waals surface area contributed by atoms with Gasteiger partial charge in [-0.3, -0.25) is 0 Å². The summed E-state index contributed by atoms with van der Waals surface area (Å²) in [6, 6.07) is 18.7. The van der Waals surface area contributed by atoms with E-state index in [0.29, 0.717) is 11.8 Å². The van der Waals surface area contributed by atoms with Crippen molar-refractivity contribution in [3.05, 3.63) is 65.2 Å². The molecule has 2 atom stereocenters. The summed E-state index contributed by atoms with van der Waals surface area (Å²) >= 11 is 0. The van der Waals surface area contributed by atoms with E-state index in [1.54, 1.807) is 7.11 Å². The Kier molecular flexibility index (Phi) is 5.51. The molecule has 0 unspecified atom stereocenters. The molecule has 1 heterocycles. The van der Waals surface area contributed by atoms with Crippen LogP contribution in [0.25, 0.3) is 0 Å². The summed E-state index contributed by atoms with van der Waals surface area (Å²) < 4.78 is 5.27. The largest absolute Gasteiger partial charge is 0.497 e. The predicted octanol–water partition coefficient (Wildman–Crippen LogP) is 3.89. The monoisotopic (exact) mass is 320 g/mol. The summed E-state index contributed by atoms with van der Waals surface area (Å²) in [4.78, 5) is 0. The van der Waals surface area contributed by atoms with Crippen molar-refractivity contribution < 1.29 is 4.74 Å². The molecule has 0 saturated carbocycles. The van der Waals surface area contributed by atoms with E-state index in [2.05, 4.69) is 41.7 Å². The first kappa shape index (κ1) is 16.5. The van der Waals surface area contributed by atoms with Gasteiger partial charge in [-0.05, 0) is 79.6 Å². The number of nitrogens with zero attached hydrogens (tertiary/aromatic N) is 1. The topological polar surface area (TPSA) is 45.0 Å². The first-order valence-corrected chi connectivity index (χ1v) is 8.64. The number of aryl methyl sites for hydroxylation is 1. The third-order valence-electron chi connectivity index (χ3n) is 5.01. The Hall–Kier alpha value is -2.31. The number of benzene rings is 2. The molecule has 0 radical (unpaired) electrons. The lowest BCUT2D eigenvalue weighted by molar-refractivity contribution is 0.309. The molecule has 0 bridgehead atoms. The number of nitrogens with one attached hydrogen (secondary N) is 1. The molecule has 1 fully saturated rings. The zero-order valence-electron chi connectivity index (χ0n) is 14.2. The number of ether oxygens (including phenoxy) is 1. The molecule has 2 aromatic carbocycles. The second kappa shape index (κ2) is 7.99. The molecule has 0 aromatic heterocycles. The van der Waals surface area contributed by atoms with E-state index in [1.807, 2.05) is 18.2 Å². The normalized spacial score (nSPS) is 20.3. The van der Waals surface area contributed by atoms with Gasteiger partial charge in [-0.1, -0.05) is 24.3 Å². The number of methoxy groups -OCH3 is 1. The SMILES string of the molecule is COc1ccc([C@@H]2CCNC[C@H]2CCc2cccc(C#N)c2)cc1. The van der Waals surface area contributed by atoms with Crippen LogP contribution >= 0.6 is 0 Å². The number of nitriles is 1. The van der Waals surface area contributed by atoms with Crippen LogP contribution in [0.3, 0.4) is 0 Å². The third-order valence-corrected chi connectivity index (χ3v) is 5.01. The van der Waals surface area contributed by atoms with Gasteiger partial charge in [-0.15, -0.1) is 0 Å². The van der Waals surface area contributed by atoms with Crippen LogP contribution in [0.15, 0.2) is 48.5 Å². The third kappa shape index (κ3) is 3.96. The lowest BCUT2D eigenvalue weighted by Crippen LogP contribution is -2.35. The van der Waals surface area contributed by atoms with Gasteiger partial charge < -0.3 is 10.1 Å². The van der Waals surface area contributed by atoms with Gasteiger partial charge in [0.1, 0.15) is 5.75 Å². The molecule has 3 nitrogen and oxygen atoms in total. The summed E-state index contributed by atoms with van der Waals surface area (Å²) in [5.74, 6) is 2.13. The van der Waals surface area contributed by atoms with Crippen LogP contribution in [-0.4, -0.2) is 20.2 Å². The molecule has 3 heteroatoms. The van der Waals surface area contributed by atoms with Crippen LogP contribution in [0.2, 0.25) is 0 Å². The smallest absolute Gasteiger partial charge is 0.118 e. The maximum atomic E-state index is 9.04. The Bertz CT molecular complexity index is 703. The Labute approximate surface area is 144 Å². The molecule has 0 spiro atoms. The van der Waals surface area contributed by atoms with Crippen molar-refractivity contribution in [3.8, 4) is 11.8 Å². The van der Waals surface area contributed by atoms with Crippen molar-refractivity contribution in [2.75, 3.05) is 20.2 Å². The summed E-state index contributed by atoms with van der Waals surface area (Å²) in [5.41, 5.74) is 3.42. The molecular weight excluding hydrogens is 296 g/mol. The number of hydrogen-bond donors (Lipinski definition) is 1. The van der Waals surface area contributed by atoms with Crippen molar-refractivity contribution >= 4 is 0 Å². The fourth-order valence-corrected chi connectivity index (χ4v) is 3.66. The molecule has 124 valence electrons. The second-order valence-electron chi connectivity index (χ2n) is 6.48. The highest BCUT2D eigenvalue weighted by molar-refractivity contribution is 5.33. The lowest BCUT2D eigenvalue weighted by atomic mass is 9.78. The minimum absolute atomic E-state index is 0.594. The molecule has 1 N–H and O–H groups in total. The minimum Gasteiger partial charge on any atom is -0.497 e. The fraction of sp³-hybridized carbons (Fsp3) is 0.381. The van der Waals surface area contributed by atoms with Gasteiger partial charge in [-0.25, -0.2) is 0 Å². The first-order chi connectivity index (χ1) is 11.8. The van der Waals surface area contributed by atoms with Crippen LogP contribution in [0.1, 0.15) is 35.4 Å². The van der Waals surface area contributed by atoms with Gasteiger partial charge in [0.25, 0.3) is 0 Å². The van der Waals surface area contributed by atoms with E-state index < -0.39 is 0 Å². The van der Waals surface area contributed by atoms with E-state index in [0.717, 1.165) is 37.2 Å². The summed E-state index contributed by atoms with van der Waals surface area (Å²) in [6.07, 6.45) is 3.34. The van der Waals surface area contributed by atoms with Crippen LogP contribution in [0, 0.1) is 17.2 Å². The Balaban J connectivity index is 1.68. The van der Waals surface area contributed by atoms with Crippen molar-refractivity contribution in [3.63, 3.8) is 0 Å². The quantitative estimate of drug-likeness (QED) is 0.909. The highest BCUT2D eigenvalue weighted by Gasteiger charge is 2.26. The molecule has 1 saturated heterocycles. The van der Waals surface area contributed by atoms with Crippen molar-refractivity contribution in [2.45, 2.75) is 25.2 Å². The Morgan fingerprint density at radius 3 is 2.79 bits per heavy atom. The Morgan fingerprint density at radius 1 is 1.21 bits per heavy atom. The molecule has 0 aliphatic carbocycles. The van der Waals surface area contributed by atoms with Crippen LogP contribution in [0.5, 0.6) is 5.75 Å². The average molecular weight is 320 g/mol. The minimum atomic E-state index is 0.594. The van der Waals surface area contributed by atoms with Crippen LogP contribution in [-0.2, 0) is 6.42 Å². The molecule has 0 amide bonds. The summed E-state index contributed by atoms with van der Waals surface area (Å²) in [5, 5.41) is 12.6. The first-order valence-electron chi connectivity index (χ1n) is 8.64. The molecular formula is C21H24N2O. The highest BCUT2D eigenvalue weighted by Crippen LogP contribution is 2.34. The van der Waals surface area contributed by atoms with E-state index in [1.165, 1.54) is 17.5 Å². The Morgan fingerprint density at radius 2 is 2.04 bits per heavy atom. The zero-order chi connectivity index (χ0) is 16.8. The van der Waals surface area contributed by atoms with E-state index >= 15 is 0 Å². The molecule has 24 heavy (non-hydrogen) atoms. The van der Waals surface area contributed by atoms with Crippen LogP contribution < -0.4 is 10.1 Å². The number of hydrogen-bond acceptors (Lipinski definition) is 3. The lowest BCUT2D eigenvalue weighted by Gasteiger charge is -2.33. The standard InChI is InChI=1S/C21H24N2O/c1-24-20-9-7-18(8-10-20)21-11-12-23-15-19(21)6-5-16-3-2-4-17(13-16)14-22/h2-4,7-10,13,19,21,23H,5-6,11-12,15H2,1H3/t19-,21+/m1/s1. The van der Waals surface area contributed by atoms with Gasteiger partial charge in [0.2, 0.25) is 0 Å². The van der Waals surface area contributed by atoms with Crippen LogP contribution in [0.4, 0.5) is 0 Å². The average Bonchev–Trinajstić information content (AvgIpc) is 2.67. The molecule has 3 rings (SSSR count). The summed E-state index contributed by atoms with van der Waals surface area (Å²) in [6.45, 7) is 2.14. The second-order valence-corrected chi connectivity index (χ2v) is 6.48. The molecule has 2 aromatic rings. The van der Waals surface area contributed by atoms with Gasteiger partial charge in [0, 0.05) is 0 Å². The van der Waals surface area contributed by atoms with Gasteiger partial charge in [0.15, 0.2) is 0 Å². The number of piperidine rings is 1. The van der Waals surface area contributed by atoms with E-state index in [4.69, 9.17) is 10.00 Å². The van der Waals surface area contributed by atoms with Crippen molar-refractivity contribution in [1.29, 1.82) is 5.26 Å². The maximum Gasteiger partial charge on any atom is 0.118 e. The highest BCUT2D eigenvalue weighted by atomic mass is 16.5. The van der Waals surface area contributed by atoms with Crippen molar-refractivity contribution in [2.24, 2.45) is 5.92 Å². The molecule has 1 aliphatic rings.